The van der Waals surface area contributed by atoms with Gasteiger partial charge in [0.05, 0.1) is 6.54 Å². The zero-order chi connectivity index (χ0) is 23.4. The molecule has 0 saturated carbocycles. The van der Waals surface area contributed by atoms with Gasteiger partial charge in [-0.2, -0.15) is 0 Å². The lowest BCUT2D eigenvalue weighted by Crippen LogP contribution is -2.43. The molecule has 1 N–H and O–H groups in total. The van der Waals surface area contributed by atoms with Crippen LogP contribution >= 0.6 is 0 Å². The highest BCUT2D eigenvalue weighted by Crippen LogP contribution is 2.21. The maximum Gasteiger partial charge on any atom is 0.264 e. The average molecular weight is 445 g/mol. The van der Waals surface area contributed by atoms with E-state index < -0.39 is 0 Å². The van der Waals surface area contributed by atoms with E-state index in [9.17, 15) is 14.4 Å². The van der Waals surface area contributed by atoms with Gasteiger partial charge in [0.2, 0.25) is 5.91 Å². The fourth-order valence-corrected chi connectivity index (χ4v) is 4.29. The molecule has 2 aromatic heterocycles. The standard InChI is InChI=1S/C26H28N4O3/c1-18(14-22-10-6-7-12-27-22)28-25(32)24-23-11-13-29(19(2)31)16-21(23)17-30(26(24)33)15-20-8-4-3-5-9-20/h3-10,12,17-18H,11,13-16H2,1-2H3,(H,28,32). The van der Waals surface area contributed by atoms with Crippen LogP contribution in [0.25, 0.3) is 0 Å². The highest BCUT2D eigenvalue weighted by atomic mass is 16.2. The molecule has 7 nitrogen and oxygen atoms in total. The van der Waals surface area contributed by atoms with E-state index in [2.05, 4.69) is 10.3 Å². The Kier molecular flexibility index (Phi) is 6.68. The van der Waals surface area contributed by atoms with Crippen LogP contribution in [0.4, 0.5) is 0 Å². The smallest absolute Gasteiger partial charge is 0.264 e. The lowest BCUT2D eigenvalue weighted by Gasteiger charge is -2.30. The lowest BCUT2D eigenvalue weighted by molar-refractivity contribution is -0.129. The number of pyridine rings is 2. The molecule has 1 aliphatic rings. The lowest BCUT2D eigenvalue weighted by atomic mass is 9.95. The normalized spacial score (nSPS) is 13.8. The number of nitrogens with one attached hydrogen (secondary N) is 1. The maximum absolute atomic E-state index is 13.5. The highest BCUT2D eigenvalue weighted by molar-refractivity contribution is 5.96. The molecule has 1 unspecified atom stereocenters. The number of hydrogen-bond donors (Lipinski definition) is 1. The van der Waals surface area contributed by atoms with E-state index in [1.165, 1.54) is 6.92 Å². The van der Waals surface area contributed by atoms with E-state index in [4.69, 9.17) is 0 Å². The molecule has 170 valence electrons. The van der Waals surface area contributed by atoms with Crippen molar-refractivity contribution in [1.82, 2.24) is 19.8 Å². The number of nitrogens with zero attached hydrogens (tertiary/aromatic N) is 3. The Labute approximate surface area is 193 Å². The predicted molar refractivity (Wildman–Crippen MR) is 126 cm³/mol. The second kappa shape index (κ2) is 9.81. The van der Waals surface area contributed by atoms with Gasteiger partial charge in [0, 0.05) is 50.6 Å². The summed E-state index contributed by atoms with van der Waals surface area (Å²) in [6, 6.07) is 15.1. The molecule has 0 spiro atoms. The van der Waals surface area contributed by atoms with Crippen LogP contribution in [-0.4, -0.2) is 38.9 Å². The van der Waals surface area contributed by atoms with E-state index in [1.54, 1.807) is 21.9 Å². The van der Waals surface area contributed by atoms with Gasteiger partial charge >= 0.3 is 0 Å². The van der Waals surface area contributed by atoms with E-state index in [0.29, 0.717) is 32.5 Å². The number of amides is 2. The van der Waals surface area contributed by atoms with Crippen LogP contribution in [0.15, 0.2) is 65.7 Å². The van der Waals surface area contributed by atoms with Crippen molar-refractivity contribution >= 4 is 11.8 Å². The third-order valence-corrected chi connectivity index (χ3v) is 5.96. The summed E-state index contributed by atoms with van der Waals surface area (Å²) in [6.07, 6.45) is 4.57. The predicted octanol–water partition coefficient (Wildman–Crippen LogP) is 2.56. The Morgan fingerprint density at radius 1 is 1.12 bits per heavy atom. The van der Waals surface area contributed by atoms with Gasteiger partial charge in [0.15, 0.2) is 0 Å². The van der Waals surface area contributed by atoms with Gasteiger partial charge in [-0.25, -0.2) is 0 Å². The van der Waals surface area contributed by atoms with Crippen LogP contribution in [-0.2, 0) is 30.7 Å². The summed E-state index contributed by atoms with van der Waals surface area (Å²) in [4.78, 5) is 44.8. The summed E-state index contributed by atoms with van der Waals surface area (Å²) in [7, 11) is 0. The highest BCUT2D eigenvalue weighted by Gasteiger charge is 2.27. The molecular weight excluding hydrogens is 416 g/mol. The number of carbonyl (C=O) groups excluding carboxylic acids is 2. The van der Waals surface area contributed by atoms with Gasteiger partial charge < -0.3 is 14.8 Å². The topological polar surface area (TPSA) is 84.3 Å². The molecule has 0 aliphatic carbocycles. The van der Waals surface area contributed by atoms with Crippen LogP contribution in [0.3, 0.4) is 0 Å². The summed E-state index contributed by atoms with van der Waals surface area (Å²) < 4.78 is 1.58. The fraction of sp³-hybridized carbons (Fsp3) is 0.308. The van der Waals surface area contributed by atoms with E-state index >= 15 is 0 Å². The van der Waals surface area contributed by atoms with E-state index in [-0.39, 0.29) is 29.0 Å². The molecule has 4 rings (SSSR count). The van der Waals surface area contributed by atoms with Crippen molar-refractivity contribution in [1.29, 1.82) is 0 Å². The minimum atomic E-state index is -0.377. The average Bonchev–Trinajstić information content (AvgIpc) is 2.80. The molecule has 0 fully saturated rings. The zero-order valence-corrected chi connectivity index (χ0v) is 19.0. The van der Waals surface area contributed by atoms with Gasteiger partial charge in [0.25, 0.3) is 11.5 Å². The first-order valence-electron chi connectivity index (χ1n) is 11.2. The molecule has 33 heavy (non-hydrogen) atoms. The first kappa shape index (κ1) is 22.5. The quantitative estimate of drug-likeness (QED) is 0.633. The van der Waals surface area contributed by atoms with E-state index in [1.807, 2.05) is 55.5 Å². The van der Waals surface area contributed by atoms with Crippen molar-refractivity contribution in [3.63, 3.8) is 0 Å². The molecule has 3 heterocycles. The number of hydrogen-bond acceptors (Lipinski definition) is 4. The minimum absolute atomic E-state index is 0.0172. The monoisotopic (exact) mass is 444 g/mol. The molecule has 1 aromatic carbocycles. The Balaban J connectivity index is 1.67. The Bertz CT molecular complexity index is 1210. The number of rotatable bonds is 6. The maximum atomic E-state index is 13.5. The van der Waals surface area contributed by atoms with Crippen molar-refractivity contribution < 1.29 is 9.59 Å². The van der Waals surface area contributed by atoms with Crippen LogP contribution in [0.5, 0.6) is 0 Å². The first-order valence-corrected chi connectivity index (χ1v) is 11.2. The molecule has 1 atom stereocenters. The Hall–Kier alpha value is -3.74. The van der Waals surface area contributed by atoms with Crippen LogP contribution in [0, 0.1) is 0 Å². The van der Waals surface area contributed by atoms with Crippen molar-refractivity contribution in [2.45, 2.75) is 45.8 Å². The van der Waals surface area contributed by atoms with Gasteiger partial charge in [-0.1, -0.05) is 36.4 Å². The van der Waals surface area contributed by atoms with Gasteiger partial charge in [-0.3, -0.25) is 19.4 Å². The Morgan fingerprint density at radius 2 is 1.88 bits per heavy atom. The van der Waals surface area contributed by atoms with Crippen molar-refractivity contribution in [2.75, 3.05) is 6.54 Å². The molecule has 1 aliphatic heterocycles. The summed E-state index contributed by atoms with van der Waals surface area (Å²) >= 11 is 0. The van der Waals surface area contributed by atoms with Gasteiger partial charge in [-0.05, 0) is 42.2 Å². The van der Waals surface area contributed by atoms with Gasteiger partial charge in [-0.15, -0.1) is 0 Å². The summed E-state index contributed by atoms with van der Waals surface area (Å²) in [6.45, 7) is 4.69. The van der Waals surface area contributed by atoms with Crippen LogP contribution in [0.1, 0.15) is 46.6 Å². The number of fused-ring (bicyclic) bond motifs is 1. The third-order valence-electron chi connectivity index (χ3n) is 5.96. The second-order valence-electron chi connectivity index (χ2n) is 8.52. The van der Waals surface area contributed by atoms with E-state index in [0.717, 1.165) is 22.4 Å². The van der Waals surface area contributed by atoms with Gasteiger partial charge in [0.1, 0.15) is 5.56 Å². The molecule has 0 radical (unpaired) electrons. The molecule has 3 aromatic rings. The fourth-order valence-electron chi connectivity index (χ4n) is 4.29. The molecule has 2 amide bonds. The SMILES string of the molecule is CC(=O)N1CCc2c(cn(Cc3ccccc3)c(=O)c2C(=O)NC(C)Cc2ccccn2)C1. The van der Waals surface area contributed by atoms with Crippen LogP contribution < -0.4 is 10.9 Å². The summed E-state index contributed by atoms with van der Waals surface area (Å²) in [5.41, 5.74) is 3.29. The van der Waals surface area contributed by atoms with Crippen molar-refractivity contribution in [2.24, 2.45) is 0 Å². The molecule has 0 saturated heterocycles. The minimum Gasteiger partial charge on any atom is -0.349 e. The third kappa shape index (κ3) is 5.19. The molecule has 7 heteroatoms. The largest absolute Gasteiger partial charge is 0.349 e. The zero-order valence-electron chi connectivity index (χ0n) is 19.0. The first-order chi connectivity index (χ1) is 15.9. The number of carbonyl (C=O) groups is 2. The van der Waals surface area contributed by atoms with Crippen LogP contribution in [0.2, 0.25) is 0 Å². The summed E-state index contributed by atoms with van der Waals surface area (Å²) in [5.74, 6) is -0.394. The Morgan fingerprint density at radius 3 is 2.58 bits per heavy atom. The molecular formula is C26H28N4O3. The van der Waals surface area contributed by atoms with Crippen molar-refractivity contribution in [3.8, 4) is 0 Å². The second-order valence-corrected chi connectivity index (χ2v) is 8.52. The number of benzene rings is 1. The molecule has 0 bridgehead atoms. The summed E-state index contributed by atoms with van der Waals surface area (Å²) in [5, 5.41) is 2.99. The van der Waals surface area contributed by atoms with Crippen molar-refractivity contribution in [3.05, 3.63) is 99.2 Å². The number of aromatic nitrogens is 2.